The van der Waals surface area contributed by atoms with Crippen LogP contribution in [0, 0.1) is 50.2 Å². The summed E-state index contributed by atoms with van der Waals surface area (Å²) in [6, 6.07) is 0. The fraction of sp³-hybridized carbons (Fsp3) is 0.900. The first-order valence-electron chi connectivity index (χ1n) is 13.6. The summed E-state index contributed by atoms with van der Waals surface area (Å²) in [6.45, 7) is 19.9. The van der Waals surface area contributed by atoms with Crippen LogP contribution in [-0.4, -0.2) is 18.0 Å². The van der Waals surface area contributed by atoms with Gasteiger partial charge in [0.25, 0.3) is 0 Å². The van der Waals surface area contributed by atoms with E-state index in [1.165, 1.54) is 38.5 Å². The molecule has 0 amide bonds. The molecule has 5 fully saturated rings. The highest BCUT2D eigenvalue weighted by atomic mass is 16.6. The first kappa shape index (κ1) is 21.9. The minimum atomic E-state index is -0.170. The molecule has 9 atom stereocenters. The van der Waals surface area contributed by atoms with Gasteiger partial charge in [-0.25, -0.2) is 0 Å². The van der Waals surface area contributed by atoms with Crippen LogP contribution in [-0.2, 0) is 9.53 Å². The Morgan fingerprint density at radius 2 is 1.56 bits per heavy atom. The monoisotopic (exact) mass is 438 g/mol. The van der Waals surface area contributed by atoms with Crippen LogP contribution < -0.4 is 0 Å². The number of Topliss-reactive ketones (excluding diaryl/α,β-unsaturated/α-hetero) is 1. The van der Waals surface area contributed by atoms with Gasteiger partial charge in [0.2, 0.25) is 0 Å². The maximum Gasteiger partial charge on any atom is 0.138 e. The number of allylic oxidation sites excluding steroid dienone is 1. The van der Waals surface area contributed by atoms with E-state index in [-0.39, 0.29) is 21.7 Å². The summed E-state index contributed by atoms with van der Waals surface area (Å²) in [4.78, 5) is 12.9. The van der Waals surface area contributed by atoms with Crippen molar-refractivity contribution in [1.82, 2.24) is 0 Å². The topological polar surface area (TPSA) is 29.6 Å². The second-order valence-electron chi connectivity index (χ2n) is 15.2. The second kappa shape index (κ2) is 5.95. The molecule has 0 N–H and O–H groups in total. The van der Waals surface area contributed by atoms with Gasteiger partial charge in [0.15, 0.2) is 0 Å². The van der Waals surface area contributed by atoms with E-state index >= 15 is 0 Å². The van der Waals surface area contributed by atoms with E-state index in [4.69, 9.17) is 4.74 Å². The van der Waals surface area contributed by atoms with Crippen molar-refractivity contribution in [2.24, 2.45) is 50.2 Å². The lowest BCUT2D eigenvalue weighted by Gasteiger charge is -2.69. The van der Waals surface area contributed by atoms with Crippen LogP contribution in [0.15, 0.2) is 11.6 Å². The number of carbonyl (C=O) groups excluding carboxylic acids is 1. The van der Waals surface area contributed by atoms with Crippen LogP contribution in [0.25, 0.3) is 0 Å². The molecule has 0 aromatic heterocycles. The Morgan fingerprint density at radius 3 is 2.28 bits per heavy atom. The van der Waals surface area contributed by atoms with E-state index in [1.807, 2.05) is 0 Å². The summed E-state index contributed by atoms with van der Waals surface area (Å²) in [6.07, 6.45) is 13.1. The zero-order valence-electron chi connectivity index (χ0n) is 21.9. The fourth-order valence-corrected chi connectivity index (χ4v) is 10.8. The number of hydrogen-bond donors (Lipinski definition) is 0. The van der Waals surface area contributed by atoms with Gasteiger partial charge in [-0.3, -0.25) is 4.79 Å². The Morgan fingerprint density at radius 1 is 0.844 bits per heavy atom. The van der Waals surface area contributed by atoms with Gasteiger partial charge in [0.05, 0.1) is 12.2 Å². The lowest BCUT2D eigenvalue weighted by molar-refractivity contribution is -0.181. The quantitative estimate of drug-likeness (QED) is 0.292. The van der Waals surface area contributed by atoms with Crippen molar-refractivity contribution in [2.45, 2.75) is 119 Å². The van der Waals surface area contributed by atoms with Gasteiger partial charge in [-0.15, -0.1) is 0 Å². The Hall–Kier alpha value is -0.630. The first-order valence-corrected chi connectivity index (χ1v) is 13.6. The van der Waals surface area contributed by atoms with Gasteiger partial charge in [0, 0.05) is 22.7 Å². The molecule has 6 rings (SSSR count). The Bertz CT molecular complexity index is 912. The molecule has 4 saturated carbocycles. The zero-order chi connectivity index (χ0) is 23.1. The lowest BCUT2D eigenvalue weighted by Crippen LogP contribution is -2.65. The minimum absolute atomic E-state index is 0.151. The zero-order valence-corrected chi connectivity index (χ0v) is 21.9. The predicted molar refractivity (Wildman–Crippen MR) is 129 cm³/mol. The molecule has 1 saturated heterocycles. The van der Waals surface area contributed by atoms with Crippen LogP contribution in [0.4, 0.5) is 0 Å². The number of ketones is 1. The van der Waals surface area contributed by atoms with Gasteiger partial charge < -0.3 is 4.74 Å². The molecule has 0 bridgehead atoms. The summed E-state index contributed by atoms with van der Waals surface area (Å²) in [5.41, 5.74) is 3.04. The summed E-state index contributed by atoms with van der Waals surface area (Å²) in [5.74, 6) is 2.35. The molecule has 1 heterocycles. The van der Waals surface area contributed by atoms with E-state index in [0.717, 1.165) is 12.8 Å². The molecule has 0 aromatic carbocycles. The van der Waals surface area contributed by atoms with Crippen LogP contribution in [0.1, 0.15) is 107 Å². The molecule has 5 aliphatic carbocycles. The van der Waals surface area contributed by atoms with Crippen molar-refractivity contribution in [3.05, 3.63) is 11.6 Å². The molecule has 178 valence electrons. The third-order valence-corrected chi connectivity index (χ3v) is 13.1. The number of fused-ring (bicyclic) bond motifs is 10. The van der Waals surface area contributed by atoms with Gasteiger partial charge in [0.1, 0.15) is 5.78 Å². The van der Waals surface area contributed by atoms with E-state index in [0.29, 0.717) is 46.6 Å². The van der Waals surface area contributed by atoms with Crippen molar-refractivity contribution < 1.29 is 9.53 Å². The molecule has 2 nitrogen and oxygen atoms in total. The Labute approximate surface area is 196 Å². The van der Waals surface area contributed by atoms with E-state index < -0.39 is 0 Å². The Balaban J connectivity index is 1.47. The molecular formula is C30H46O2. The number of ether oxygens (including phenoxy) is 1. The molecule has 2 heteroatoms. The minimum Gasteiger partial charge on any atom is -0.368 e. The van der Waals surface area contributed by atoms with Crippen molar-refractivity contribution >= 4 is 5.78 Å². The molecule has 0 aromatic rings. The van der Waals surface area contributed by atoms with Crippen molar-refractivity contribution in [2.75, 3.05) is 0 Å². The summed E-state index contributed by atoms with van der Waals surface area (Å²) < 4.78 is 6.74. The number of epoxide rings is 1. The van der Waals surface area contributed by atoms with E-state index in [2.05, 4.69) is 61.5 Å². The molecule has 1 aliphatic heterocycles. The van der Waals surface area contributed by atoms with Gasteiger partial charge in [-0.1, -0.05) is 67.0 Å². The maximum absolute atomic E-state index is 12.9. The third-order valence-electron chi connectivity index (χ3n) is 13.1. The highest BCUT2D eigenvalue weighted by molar-refractivity contribution is 5.85. The van der Waals surface area contributed by atoms with E-state index in [1.54, 1.807) is 5.57 Å². The van der Waals surface area contributed by atoms with Crippen molar-refractivity contribution in [3.63, 3.8) is 0 Å². The molecule has 6 aliphatic rings. The number of carbonyl (C=O) groups is 1. The van der Waals surface area contributed by atoms with Gasteiger partial charge in [-0.2, -0.15) is 0 Å². The largest absolute Gasteiger partial charge is 0.368 e. The fourth-order valence-electron chi connectivity index (χ4n) is 10.8. The number of rotatable bonds is 0. The average molecular weight is 439 g/mol. The maximum atomic E-state index is 12.9. The molecule has 1 unspecified atom stereocenters. The van der Waals surface area contributed by atoms with Crippen molar-refractivity contribution in [3.8, 4) is 0 Å². The average Bonchev–Trinajstić information content (AvgIpc) is 3.50. The molecule has 32 heavy (non-hydrogen) atoms. The second-order valence-corrected chi connectivity index (χ2v) is 15.2. The molecule has 0 spiro atoms. The van der Waals surface area contributed by atoms with Gasteiger partial charge >= 0.3 is 0 Å². The van der Waals surface area contributed by atoms with Crippen LogP contribution in [0.2, 0.25) is 0 Å². The van der Waals surface area contributed by atoms with Crippen LogP contribution in [0.3, 0.4) is 0 Å². The first-order chi connectivity index (χ1) is 14.7. The number of hydrogen-bond acceptors (Lipinski definition) is 2. The highest BCUT2D eigenvalue weighted by Gasteiger charge is 2.77. The smallest absolute Gasteiger partial charge is 0.138 e. The summed E-state index contributed by atoms with van der Waals surface area (Å²) >= 11 is 0. The van der Waals surface area contributed by atoms with Crippen LogP contribution in [0.5, 0.6) is 0 Å². The van der Waals surface area contributed by atoms with E-state index in [9.17, 15) is 4.79 Å². The normalized spacial score (nSPS) is 57.2. The lowest BCUT2D eigenvalue weighted by atomic mass is 9.33. The summed E-state index contributed by atoms with van der Waals surface area (Å²) in [7, 11) is 0. The SMILES string of the molecule is CC1(C)CC[C@@]2(C)[C@H](C1)C1=CC[C@@H]3[C@@]4(C)CCC(=O)C(C)(C)C4CC[C@@]3(C)[C@]1(C)[C@H]1O[C@H]12. The highest BCUT2D eigenvalue weighted by Crippen LogP contribution is 2.78. The predicted octanol–water partition coefficient (Wildman–Crippen LogP) is 7.36. The van der Waals surface area contributed by atoms with Crippen molar-refractivity contribution in [1.29, 1.82) is 0 Å². The van der Waals surface area contributed by atoms with Gasteiger partial charge in [-0.05, 0) is 78.9 Å². The third kappa shape index (κ3) is 2.30. The standard InChI is InChI=1S/C30H46O2/c1-25(2)15-16-27(5)19(17-25)18-9-10-21-28(6)13-12-22(31)26(3,4)20(28)11-14-29(21,7)30(18,8)24-23(27)32-24/h9,19-21,23-24H,10-17H2,1-8H3/t19-,20?,21-,23-,24+,27+,28+,29-,30+/m1/s1. The summed E-state index contributed by atoms with van der Waals surface area (Å²) in [5, 5.41) is 0. The molecule has 0 radical (unpaired) electrons. The van der Waals surface area contributed by atoms with Crippen LogP contribution >= 0.6 is 0 Å². The molecular weight excluding hydrogens is 392 g/mol. The Kier molecular flexibility index (Phi) is 4.07.